The van der Waals surface area contributed by atoms with Crippen LogP contribution in [0.2, 0.25) is 0 Å². The number of sulfonamides is 1. The molecule has 1 atom stereocenters. The van der Waals surface area contributed by atoms with E-state index < -0.39 is 20.7 Å². The van der Waals surface area contributed by atoms with Crippen molar-refractivity contribution in [2.45, 2.75) is 70.5 Å². The van der Waals surface area contributed by atoms with Gasteiger partial charge in [0.1, 0.15) is 0 Å². The van der Waals surface area contributed by atoms with Crippen LogP contribution in [-0.2, 0) is 14.8 Å². The van der Waals surface area contributed by atoms with Crippen molar-refractivity contribution >= 4 is 15.9 Å². The minimum absolute atomic E-state index is 0.0684. The van der Waals surface area contributed by atoms with Crippen LogP contribution in [0.5, 0.6) is 0 Å². The van der Waals surface area contributed by atoms with E-state index in [1.165, 1.54) is 19.3 Å². The Morgan fingerprint density at radius 1 is 1.35 bits per heavy atom. The van der Waals surface area contributed by atoms with Gasteiger partial charge < -0.3 is 0 Å². The maximum atomic E-state index is 11.9. The van der Waals surface area contributed by atoms with Crippen LogP contribution in [0.4, 0.5) is 0 Å². The van der Waals surface area contributed by atoms with Gasteiger partial charge in [-0.15, -0.1) is 0 Å². The number of allylic oxidation sites excluding steroid dienone is 2. The molecule has 1 saturated carbocycles. The number of nitrogens with one attached hydrogen (secondary N) is 1. The molecular formula is C15H27NO3S. The zero-order valence-electron chi connectivity index (χ0n) is 12.8. The summed E-state index contributed by atoms with van der Waals surface area (Å²) in [7, 11) is -3.49. The highest BCUT2D eigenvalue weighted by molar-refractivity contribution is 7.91. The van der Waals surface area contributed by atoms with Gasteiger partial charge in [0.15, 0.2) is 0 Å². The van der Waals surface area contributed by atoms with Crippen molar-refractivity contribution in [2.24, 2.45) is 5.92 Å². The summed E-state index contributed by atoms with van der Waals surface area (Å²) in [5, 5.41) is 0. The zero-order valence-corrected chi connectivity index (χ0v) is 13.6. The third-order valence-corrected chi connectivity index (χ3v) is 6.00. The van der Waals surface area contributed by atoms with Crippen molar-refractivity contribution in [2.75, 3.05) is 0 Å². The maximum absolute atomic E-state index is 11.9. The molecule has 0 heterocycles. The van der Waals surface area contributed by atoms with Gasteiger partial charge in [0.25, 0.3) is 0 Å². The fourth-order valence-electron chi connectivity index (χ4n) is 1.96. The van der Waals surface area contributed by atoms with Crippen molar-refractivity contribution in [3.63, 3.8) is 0 Å². The van der Waals surface area contributed by atoms with Crippen LogP contribution in [0.1, 0.15) is 65.7 Å². The standard InChI is InChI=1S/C15H27NO3S/c1-4-5-6-7-8-9-13(2)12-14(17)16-20(18,19)15(3)10-11-15/h8-9,13H,4-7,10-12H2,1-3H3,(H,16,17). The monoisotopic (exact) mass is 301 g/mol. The fraction of sp³-hybridized carbons (Fsp3) is 0.800. The van der Waals surface area contributed by atoms with Crippen LogP contribution in [0, 0.1) is 5.92 Å². The molecule has 0 aromatic heterocycles. The molecule has 0 radical (unpaired) electrons. The van der Waals surface area contributed by atoms with E-state index in [0.29, 0.717) is 12.8 Å². The number of carbonyl (C=O) groups is 1. The molecule has 1 amide bonds. The summed E-state index contributed by atoms with van der Waals surface area (Å²) in [4.78, 5) is 11.8. The molecule has 0 aromatic rings. The van der Waals surface area contributed by atoms with Crippen LogP contribution < -0.4 is 4.72 Å². The minimum Gasteiger partial charge on any atom is -0.274 e. The summed E-state index contributed by atoms with van der Waals surface area (Å²) in [6, 6.07) is 0. The first-order valence-electron chi connectivity index (χ1n) is 7.52. The minimum atomic E-state index is -3.49. The summed E-state index contributed by atoms with van der Waals surface area (Å²) in [6.45, 7) is 5.78. The predicted molar refractivity (Wildman–Crippen MR) is 81.8 cm³/mol. The van der Waals surface area contributed by atoms with Crippen molar-refractivity contribution in [3.8, 4) is 0 Å². The van der Waals surface area contributed by atoms with Crippen LogP contribution in [0.3, 0.4) is 0 Å². The highest BCUT2D eigenvalue weighted by atomic mass is 32.2. The number of hydrogen-bond donors (Lipinski definition) is 1. The van der Waals surface area contributed by atoms with E-state index in [-0.39, 0.29) is 12.3 Å². The molecule has 1 rings (SSSR count). The summed E-state index contributed by atoms with van der Waals surface area (Å²) >= 11 is 0. The smallest absolute Gasteiger partial charge is 0.240 e. The lowest BCUT2D eigenvalue weighted by Crippen LogP contribution is -2.38. The van der Waals surface area contributed by atoms with Gasteiger partial charge in [-0.25, -0.2) is 8.42 Å². The molecule has 20 heavy (non-hydrogen) atoms. The molecule has 5 heteroatoms. The molecule has 1 N–H and O–H groups in total. The lowest BCUT2D eigenvalue weighted by Gasteiger charge is -2.13. The van der Waals surface area contributed by atoms with Gasteiger partial charge in [-0.3, -0.25) is 9.52 Å². The van der Waals surface area contributed by atoms with E-state index in [9.17, 15) is 13.2 Å². The van der Waals surface area contributed by atoms with Crippen LogP contribution >= 0.6 is 0 Å². The normalized spacial score (nSPS) is 18.9. The second-order valence-electron chi connectivity index (χ2n) is 6.08. The van der Waals surface area contributed by atoms with Crippen molar-refractivity contribution in [3.05, 3.63) is 12.2 Å². The summed E-state index contributed by atoms with van der Waals surface area (Å²) in [6.07, 6.45) is 10.2. The molecule has 0 saturated heterocycles. The number of unbranched alkanes of at least 4 members (excludes halogenated alkanes) is 3. The fourth-order valence-corrected chi connectivity index (χ4v) is 3.23. The first-order valence-corrected chi connectivity index (χ1v) is 9.01. The third-order valence-electron chi connectivity index (χ3n) is 3.80. The first kappa shape index (κ1) is 17.2. The number of rotatable bonds is 9. The molecule has 1 fully saturated rings. The predicted octanol–water partition coefficient (Wildman–Crippen LogP) is 3.15. The Balaban J connectivity index is 2.31. The Hall–Kier alpha value is -0.840. The molecule has 1 unspecified atom stereocenters. The van der Waals surface area contributed by atoms with Crippen LogP contribution in [-0.4, -0.2) is 19.1 Å². The van der Waals surface area contributed by atoms with Gasteiger partial charge >= 0.3 is 0 Å². The molecule has 0 bridgehead atoms. The lowest BCUT2D eigenvalue weighted by atomic mass is 10.1. The molecule has 0 aromatic carbocycles. The molecule has 4 nitrogen and oxygen atoms in total. The second-order valence-corrected chi connectivity index (χ2v) is 8.28. The van der Waals surface area contributed by atoms with Gasteiger partial charge in [-0.2, -0.15) is 0 Å². The Kier molecular flexibility index (Phi) is 6.24. The molecular weight excluding hydrogens is 274 g/mol. The van der Waals surface area contributed by atoms with Gasteiger partial charge in [-0.1, -0.05) is 38.8 Å². The largest absolute Gasteiger partial charge is 0.274 e. The van der Waals surface area contributed by atoms with Gasteiger partial charge in [0.05, 0.1) is 4.75 Å². The lowest BCUT2D eigenvalue weighted by molar-refractivity contribution is -0.119. The Bertz CT molecular complexity index is 450. The number of amides is 1. The highest BCUT2D eigenvalue weighted by Crippen LogP contribution is 2.42. The molecule has 1 aliphatic carbocycles. The van der Waals surface area contributed by atoms with Crippen molar-refractivity contribution < 1.29 is 13.2 Å². The summed E-state index contributed by atoms with van der Waals surface area (Å²) in [5.74, 6) is -0.331. The second kappa shape index (κ2) is 7.25. The Morgan fingerprint density at radius 3 is 2.55 bits per heavy atom. The number of carbonyl (C=O) groups excluding carboxylic acids is 1. The zero-order chi connectivity index (χ0) is 15.2. The maximum Gasteiger partial charge on any atom is 0.240 e. The van der Waals surface area contributed by atoms with Crippen LogP contribution in [0.25, 0.3) is 0 Å². The molecule has 1 aliphatic rings. The van der Waals surface area contributed by atoms with E-state index in [1.54, 1.807) is 6.92 Å². The first-order chi connectivity index (χ1) is 9.31. The van der Waals surface area contributed by atoms with E-state index in [1.807, 2.05) is 13.0 Å². The third kappa shape index (κ3) is 5.27. The number of hydrogen-bond acceptors (Lipinski definition) is 3. The van der Waals surface area contributed by atoms with Gasteiger partial charge in [0, 0.05) is 6.42 Å². The molecule has 0 aliphatic heterocycles. The van der Waals surface area contributed by atoms with Crippen LogP contribution in [0.15, 0.2) is 12.2 Å². The highest BCUT2D eigenvalue weighted by Gasteiger charge is 2.50. The quantitative estimate of drug-likeness (QED) is 0.525. The summed E-state index contributed by atoms with van der Waals surface area (Å²) < 4.78 is 25.3. The Labute approximate surface area is 123 Å². The van der Waals surface area contributed by atoms with Crippen molar-refractivity contribution in [1.82, 2.24) is 4.72 Å². The van der Waals surface area contributed by atoms with Gasteiger partial charge in [-0.05, 0) is 38.5 Å². The average molecular weight is 301 g/mol. The van der Waals surface area contributed by atoms with E-state index in [0.717, 1.165) is 6.42 Å². The van der Waals surface area contributed by atoms with E-state index in [2.05, 4.69) is 17.7 Å². The average Bonchev–Trinajstić information content (AvgIpc) is 3.08. The summed E-state index contributed by atoms with van der Waals surface area (Å²) in [5.41, 5.74) is 0. The van der Waals surface area contributed by atoms with Crippen molar-refractivity contribution in [1.29, 1.82) is 0 Å². The topological polar surface area (TPSA) is 63.2 Å². The van der Waals surface area contributed by atoms with E-state index >= 15 is 0 Å². The van der Waals surface area contributed by atoms with Gasteiger partial charge in [0.2, 0.25) is 15.9 Å². The Morgan fingerprint density at radius 2 is 2.00 bits per heavy atom. The SMILES string of the molecule is CCCCCC=CC(C)CC(=O)NS(=O)(=O)C1(C)CC1. The molecule has 116 valence electrons. The molecule has 0 spiro atoms. The van der Waals surface area contributed by atoms with E-state index in [4.69, 9.17) is 0 Å².